The molecule has 1 aromatic heterocycles. The van der Waals surface area contributed by atoms with Crippen LogP contribution in [0.25, 0.3) is 0 Å². The average Bonchev–Trinajstić information content (AvgIpc) is 2.77. The Balaban J connectivity index is 2.08. The lowest BCUT2D eigenvalue weighted by molar-refractivity contribution is 0.238. The van der Waals surface area contributed by atoms with Crippen molar-refractivity contribution in [2.24, 2.45) is 11.7 Å². The third-order valence-electron chi connectivity index (χ3n) is 2.78. The second kappa shape index (κ2) is 4.44. The minimum absolute atomic E-state index is 0.0753. The molecular weight excluding hydrogens is 206 g/mol. The fraction of sp³-hybridized carbons (Fsp3) is 0.500. The number of hydrogen-bond acceptors (Lipinski definition) is 5. The van der Waals surface area contributed by atoms with Gasteiger partial charge in [-0.1, -0.05) is 0 Å². The number of aliphatic hydroxyl groups is 1. The summed E-state index contributed by atoms with van der Waals surface area (Å²) in [7, 11) is 0. The van der Waals surface area contributed by atoms with E-state index in [0.29, 0.717) is 11.6 Å². The molecule has 1 saturated heterocycles. The summed E-state index contributed by atoms with van der Waals surface area (Å²) < 4.78 is 0. The second-order valence-electron chi connectivity index (χ2n) is 3.96. The van der Waals surface area contributed by atoms with Crippen molar-refractivity contribution in [1.29, 1.82) is 5.41 Å². The van der Waals surface area contributed by atoms with E-state index < -0.39 is 0 Å². The molecule has 6 heteroatoms. The highest BCUT2D eigenvalue weighted by molar-refractivity contribution is 5.92. The molecule has 1 unspecified atom stereocenters. The molecule has 6 nitrogen and oxygen atoms in total. The maximum Gasteiger partial charge on any atom is 0.147 e. The molecular formula is C10H15N5O. The zero-order valence-electron chi connectivity index (χ0n) is 8.93. The van der Waals surface area contributed by atoms with Gasteiger partial charge in [0, 0.05) is 25.6 Å². The maximum atomic E-state index is 9.04. The van der Waals surface area contributed by atoms with Gasteiger partial charge < -0.3 is 15.7 Å². The lowest BCUT2D eigenvalue weighted by Gasteiger charge is -2.16. The Bertz CT molecular complexity index is 377. The Morgan fingerprint density at radius 1 is 1.56 bits per heavy atom. The number of amidine groups is 1. The highest BCUT2D eigenvalue weighted by atomic mass is 16.3. The first kappa shape index (κ1) is 10.8. The maximum absolute atomic E-state index is 9.04. The molecule has 1 atom stereocenters. The van der Waals surface area contributed by atoms with Gasteiger partial charge in [-0.15, -0.1) is 0 Å². The van der Waals surface area contributed by atoms with E-state index >= 15 is 0 Å². The quantitative estimate of drug-likeness (QED) is 0.475. The Labute approximate surface area is 93.6 Å². The molecule has 0 aliphatic carbocycles. The number of anilines is 1. The highest BCUT2D eigenvalue weighted by Gasteiger charge is 2.22. The van der Waals surface area contributed by atoms with Crippen molar-refractivity contribution in [3.63, 3.8) is 0 Å². The van der Waals surface area contributed by atoms with Crippen molar-refractivity contribution >= 4 is 11.7 Å². The van der Waals surface area contributed by atoms with Gasteiger partial charge in [0.2, 0.25) is 0 Å². The van der Waals surface area contributed by atoms with Crippen LogP contribution >= 0.6 is 0 Å². The van der Waals surface area contributed by atoms with Crippen molar-refractivity contribution in [2.75, 3.05) is 24.6 Å². The molecule has 1 aliphatic rings. The number of aliphatic hydroxyl groups excluding tert-OH is 1. The molecule has 0 bridgehead atoms. The number of hydrogen-bond donors (Lipinski definition) is 3. The van der Waals surface area contributed by atoms with Gasteiger partial charge in [-0.25, -0.2) is 9.97 Å². The van der Waals surface area contributed by atoms with Crippen molar-refractivity contribution in [3.8, 4) is 0 Å². The first-order valence-corrected chi connectivity index (χ1v) is 5.23. The van der Waals surface area contributed by atoms with Gasteiger partial charge in [-0.2, -0.15) is 0 Å². The number of nitrogens with zero attached hydrogens (tertiary/aromatic N) is 3. The standard InChI is InChI=1S/C10H15N5O/c11-10(12)8-3-14-9(4-13-8)15-2-1-7(5-15)6-16/h3-4,7,16H,1-2,5-6H2,(H3,11,12). The van der Waals surface area contributed by atoms with E-state index in [4.69, 9.17) is 16.2 Å². The molecule has 2 heterocycles. The summed E-state index contributed by atoms with van der Waals surface area (Å²) in [6.07, 6.45) is 4.10. The Morgan fingerprint density at radius 2 is 2.38 bits per heavy atom. The van der Waals surface area contributed by atoms with E-state index in [-0.39, 0.29) is 12.4 Å². The van der Waals surface area contributed by atoms with Crippen molar-refractivity contribution in [3.05, 3.63) is 18.1 Å². The predicted molar refractivity (Wildman–Crippen MR) is 60.5 cm³/mol. The van der Waals surface area contributed by atoms with Gasteiger partial charge >= 0.3 is 0 Å². The van der Waals surface area contributed by atoms with E-state index in [0.717, 1.165) is 25.3 Å². The van der Waals surface area contributed by atoms with Crippen LogP contribution in [0, 0.1) is 11.3 Å². The second-order valence-corrected chi connectivity index (χ2v) is 3.96. The van der Waals surface area contributed by atoms with Crippen LogP contribution in [-0.2, 0) is 0 Å². The third-order valence-corrected chi connectivity index (χ3v) is 2.78. The van der Waals surface area contributed by atoms with E-state index in [9.17, 15) is 0 Å². The summed E-state index contributed by atoms with van der Waals surface area (Å²) in [5, 5.41) is 16.2. The number of rotatable bonds is 3. The average molecular weight is 221 g/mol. The van der Waals surface area contributed by atoms with Crippen LogP contribution in [0.4, 0.5) is 5.82 Å². The molecule has 86 valence electrons. The number of nitrogens with two attached hydrogens (primary N) is 1. The minimum Gasteiger partial charge on any atom is -0.396 e. The summed E-state index contributed by atoms with van der Waals surface area (Å²) in [4.78, 5) is 10.4. The zero-order valence-corrected chi connectivity index (χ0v) is 8.93. The first-order chi connectivity index (χ1) is 7.70. The van der Waals surface area contributed by atoms with Crippen molar-refractivity contribution in [1.82, 2.24) is 9.97 Å². The third kappa shape index (κ3) is 2.11. The molecule has 0 amide bonds. The van der Waals surface area contributed by atoms with Gasteiger partial charge in [0.05, 0.1) is 12.4 Å². The van der Waals surface area contributed by atoms with Crippen LogP contribution in [0.5, 0.6) is 0 Å². The highest BCUT2D eigenvalue weighted by Crippen LogP contribution is 2.20. The summed E-state index contributed by atoms with van der Waals surface area (Å²) in [5.41, 5.74) is 5.69. The summed E-state index contributed by atoms with van der Waals surface area (Å²) in [6.45, 7) is 1.92. The van der Waals surface area contributed by atoms with Gasteiger partial charge in [0.15, 0.2) is 0 Å². The monoisotopic (exact) mass is 221 g/mol. The topological polar surface area (TPSA) is 99.1 Å². The summed E-state index contributed by atoms with van der Waals surface area (Å²) in [5.74, 6) is 1.03. The molecule has 0 saturated carbocycles. The number of aromatic nitrogens is 2. The van der Waals surface area contributed by atoms with Crippen molar-refractivity contribution < 1.29 is 5.11 Å². The van der Waals surface area contributed by atoms with Crippen LogP contribution in [-0.4, -0.2) is 40.6 Å². The first-order valence-electron chi connectivity index (χ1n) is 5.23. The number of nitrogens with one attached hydrogen (secondary N) is 1. The van der Waals surface area contributed by atoms with Gasteiger partial charge in [-0.3, -0.25) is 5.41 Å². The lowest BCUT2D eigenvalue weighted by Crippen LogP contribution is -2.22. The minimum atomic E-state index is -0.0753. The zero-order chi connectivity index (χ0) is 11.5. The van der Waals surface area contributed by atoms with Crippen LogP contribution in [0.1, 0.15) is 12.1 Å². The SMILES string of the molecule is N=C(N)c1cnc(N2CCC(CO)C2)cn1. The molecule has 16 heavy (non-hydrogen) atoms. The van der Waals surface area contributed by atoms with Crippen molar-refractivity contribution in [2.45, 2.75) is 6.42 Å². The molecule has 0 aromatic carbocycles. The largest absolute Gasteiger partial charge is 0.396 e. The molecule has 1 fully saturated rings. The molecule has 1 aliphatic heterocycles. The predicted octanol–water partition coefficient (Wildman–Crippen LogP) is -0.421. The fourth-order valence-corrected chi connectivity index (χ4v) is 1.81. The van der Waals surface area contributed by atoms with Crippen LogP contribution in [0.2, 0.25) is 0 Å². The van der Waals surface area contributed by atoms with Gasteiger partial charge in [0.1, 0.15) is 17.3 Å². The molecule has 0 spiro atoms. The molecule has 2 rings (SSSR count). The Kier molecular flexibility index (Phi) is 3.00. The molecule has 4 N–H and O–H groups in total. The van der Waals surface area contributed by atoms with Crippen LogP contribution in [0.3, 0.4) is 0 Å². The van der Waals surface area contributed by atoms with Crippen LogP contribution in [0.15, 0.2) is 12.4 Å². The smallest absolute Gasteiger partial charge is 0.147 e. The summed E-state index contributed by atoms with van der Waals surface area (Å²) in [6, 6.07) is 0. The summed E-state index contributed by atoms with van der Waals surface area (Å²) >= 11 is 0. The Hall–Kier alpha value is -1.69. The lowest BCUT2D eigenvalue weighted by atomic mass is 10.1. The molecule has 0 radical (unpaired) electrons. The molecule has 1 aromatic rings. The van der Waals surface area contributed by atoms with Gasteiger partial charge in [-0.05, 0) is 6.42 Å². The number of nitrogen functional groups attached to an aromatic ring is 1. The van der Waals surface area contributed by atoms with E-state index in [1.165, 1.54) is 6.20 Å². The Morgan fingerprint density at radius 3 is 2.88 bits per heavy atom. The van der Waals surface area contributed by atoms with E-state index in [1.807, 2.05) is 0 Å². The van der Waals surface area contributed by atoms with E-state index in [1.54, 1.807) is 6.20 Å². The fourth-order valence-electron chi connectivity index (χ4n) is 1.81. The van der Waals surface area contributed by atoms with Gasteiger partial charge in [0.25, 0.3) is 0 Å². The normalized spacial score (nSPS) is 20.1. The van der Waals surface area contributed by atoms with Crippen LogP contribution < -0.4 is 10.6 Å². The van der Waals surface area contributed by atoms with E-state index in [2.05, 4.69) is 14.9 Å².